The zero-order valence-corrected chi connectivity index (χ0v) is 12.6. The maximum atomic E-state index is 11.6. The first-order valence-corrected chi connectivity index (χ1v) is 8.19. The van der Waals surface area contributed by atoms with Crippen molar-refractivity contribution in [3.8, 4) is 0 Å². The first-order chi connectivity index (χ1) is 8.72. The van der Waals surface area contributed by atoms with Crippen LogP contribution in [0.5, 0.6) is 0 Å². The number of anilines is 1. The van der Waals surface area contributed by atoms with Crippen molar-refractivity contribution in [3.63, 3.8) is 0 Å². The van der Waals surface area contributed by atoms with Gasteiger partial charge in [-0.2, -0.15) is 0 Å². The molecule has 0 aliphatic carbocycles. The summed E-state index contributed by atoms with van der Waals surface area (Å²) in [4.78, 5) is 4.51. The number of thiocarbonyl (C=S) groups is 1. The molecule has 1 aliphatic heterocycles. The molecule has 19 heavy (non-hydrogen) atoms. The summed E-state index contributed by atoms with van der Waals surface area (Å²) < 4.78 is 23.2. The van der Waals surface area contributed by atoms with E-state index in [0.29, 0.717) is 17.8 Å². The molecule has 1 aromatic heterocycles. The van der Waals surface area contributed by atoms with Crippen molar-refractivity contribution in [2.45, 2.75) is 25.8 Å². The molecule has 1 aromatic rings. The van der Waals surface area contributed by atoms with Gasteiger partial charge in [-0.1, -0.05) is 12.2 Å². The Morgan fingerprint density at radius 2 is 2.26 bits per heavy atom. The smallest absolute Gasteiger partial charge is 0.152 e. The number of pyridine rings is 1. The summed E-state index contributed by atoms with van der Waals surface area (Å²) >= 11 is 5.04. The highest BCUT2D eigenvalue weighted by Crippen LogP contribution is 2.28. The quantitative estimate of drug-likeness (QED) is 0.810. The van der Waals surface area contributed by atoms with Gasteiger partial charge in [0.05, 0.1) is 22.6 Å². The molecule has 0 spiro atoms. The standard InChI is InChI=1S/C12H17N3O2S2/c1-8-3-5-14-11(9(8)10(13)18)15-12(2)4-6-19(16,17)7-12/h3,5H,4,6-7H2,1-2H3,(H2,13,18)(H,14,15). The lowest BCUT2D eigenvalue weighted by Crippen LogP contribution is -2.37. The minimum atomic E-state index is -2.97. The first-order valence-electron chi connectivity index (χ1n) is 5.96. The Morgan fingerprint density at radius 1 is 1.58 bits per heavy atom. The Balaban J connectivity index is 2.35. The van der Waals surface area contributed by atoms with Crippen LogP contribution in [0.1, 0.15) is 24.5 Å². The van der Waals surface area contributed by atoms with Crippen molar-refractivity contribution in [1.82, 2.24) is 4.98 Å². The van der Waals surface area contributed by atoms with Crippen molar-refractivity contribution >= 4 is 32.9 Å². The number of rotatable bonds is 3. The van der Waals surface area contributed by atoms with Crippen molar-refractivity contribution in [2.24, 2.45) is 5.73 Å². The van der Waals surface area contributed by atoms with Gasteiger partial charge in [0.2, 0.25) is 0 Å². The van der Waals surface area contributed by atoms with Crippen LogP contribution in [0.2, 0.25) is 0 Å². The number of nitrogens with zero attached hydrogens (tertiary/aromatic N) is 1. The predicted octanol–water partition coefficient (Wildman–Crippen LogP) is 1.01. The Kier molecular flexibility index (Phi) is 3.53. The third-order valence-corrected chi connectivity index (χ3v) is 5.44. The number of hydrogen-bond acceptors (Lipinski definition) is 5. The molecule has 2 rings (SSSR count). The molecule has 1 atom stereocenters. The van der Waals surface area contributed by atoms with E-state index in [1.807, 2.05) is 19.9 Å². The van der Waals surface area contributed by atoms with Crippen LogP contribution in [0.4, 0.5) is 5.82 Å². The SMILES string of the molecule is Cc1ccnc(NC2(C)CCS(=O)(=O)C2)c1C(N)=S. The first kappa shape index (κ1) is 14.2. The van der Waals surface area contributed by atoms with Crippen LogP contribution in [-0.2, 0) is 9.84 Å². The van der Waals surface area contributed by atoms with E-state index in [1.165, 1.54) is 0 Å². The second-order valence-corrected chi connectivity index (χ2v) is 7.87. The average molecular weight is 299 g/mol. The monoisotopic (exact) mass is 299 g/mol. The van der Waals surface area contributed by atoms with Crippen LogP contribution < -0.4 is 11.1 Å². The molecule has 104 valence electrons. The van der Waals surface area contributed by atoms with Crippen molar-refractivity contribution in [2.75, 3.05) is 16.8 Å². The van der Waals surface area contributed by atoms with E-state index in [1.54, 1.807) is 6.20 Å². The molecule has 2 heterocycles. The molecule has 0 aromatic carbocycles. The second-order valence-electron chi connectivity index (χ2n) is 5.24. The molecule has 1 saturated heterocycles. The van der Waals surface area contributed by atoms with Crippen molar-refractivity contribution in [1.29, 1.82) is 0 Å². The molecule has 1 aliphatic rings. The minimum absolute atomic E-state index is 0.104. The summed E-state index contributed by atoms with van der Waals surface area (Å²) in [6.45, 7) is 3.78. The van der Waals surface area contributed by atoms with Gasteiger partial charge in [-0.15, -0.1) is 0 Å². The molecule has 1 fully saturated rings. The largest absolute Gasteiger partial charge is 0.389 e. The highest BCUT2D eigenvalue weighted by atomic mass is 32.2. The fourth-order valence-corrected chi connectivity index (χ4v) is 4.71. The summed E-state index contributed by atoms with van der Waals surface area (Å²) in [5.74, 6) is 0.865. The summed E-state index contributed by atoms with van der Waals surface area (Å²) in [5, 5.41) is 3.21. The zero-order valence-electron chi connectivity index (χ0n) is 10.9. The van der Waals surface area contributed by atoms with Crippen LogP contribution in [0.3, 0.4) is 0 Å². The molecule has 0 radical (unpaired) electrons. The Morgan fingerprint density at radius 3 is 2.79 bits per heavy atom. The van der Waals surface area contributed by atoms with Gasteiger partial charge in [-0.05, 0) is 31.9 Å². The van der Waals surface area contributed by atoms with Crippen LogP contribution >= 0.6 is 12.2 Å². The second kappa shape index (κ2) is 4.72. The van der Waals surface area contributed by atoms with Gasteiger partial charge in [-0.3, -0.25) is 0 Å². The number of aromatic nitrogens is 1. The summed E-state index contributed by atoms with van der Waals surface area (Å²) in [7, 11) is -2.97. The van der Waals surface area contributed by atoms with Gasteiger partial charge in [0, 0.05) is 6.20 Å². The third-order valence-electron chi connectivity index (χ3n) is 3.33. The van der Waals surface area contributed by atoms with Crippen LogP contribution in [-0.4, -0.2) is 35.4 Å². The number of aryl methyl sites for hydroxylation is 1. The number of nitrogens with one attached hydrogen (secondary N) is 1. The molecule has 1 unspecified atom stereocenters. The average Bonchev–Trinajstić information content (AvgIpc) is 2.52. The molecule has 5 nitrogen and oxygen atoms in total. The third kappa shape index (κ3) is 3.03. The predicted molar refractivity (Wildman–Crippen MR) is 80.2 cm³/mol. The Hall–Kier alpha value is -1.21. The van der Waals surface area contributed by atoms with Gasteiger partial charge in [0.25, 0.3) is 0 Å². The van der Waals surface area contributed by atoms with Gasteiger partial charge >= 0.3 is 0 Å². The number of nitrogens with two attached hydrogens (primary N) is 1. The molecule has 0 saturated carbocycles. The van der Waals surface area contributed by atoms with Crippen LogP contribution in [0.15, 0.2) is 12.3 Å². The van der Waals surface area contributed by atoms with Gasteiger partial charge in [-0.25, -0.2) is 13.4 Å². The Labute approximate surface area is 118 Å². The zero-order chi connectivity index (χ0) is 14.3. The molecular weight excluding hydrogens is 282 g/mol. The van der Waals surface area contributed by atoms with Gasteiger partial charge in [0.1, 0.15) is 10.8 Å². The van der Waals surface area contributed by atoms with Crippen molar-refractivity contribution < 1.29 is 8.42 Å². The molecule has 3 N–H and O–H groups in total. The summed E-state index contributed by atoms with van der Waals surface area (Å²) in [6, 6.07) is 1.83. The lowest BCUT2D eigenvalue weighted by Gasteiger charge is -2.26. The molecule has 7 heteroatoms. The fraction of sp³-hybridized carbons (Fsp3) is 0.500. The van der Waals surface area contributed by atoms with E-state index in [9.17, 15) is 8.42 Å². The number of hydrogen-bond donors (Lipinski definition) is 2. The topological polar surface area (TPSA) is 85.1 Å². The lowest BCUT2D eigenvalue weighted by atomic mass is 10.0. The normalized spacial score (nSPS) is 25.2. The maximum Gasteiger partial charge on any atom is 0.152 e. The minimum Gasteiger partial charge on any atom is -0.389 e. The van der Waals surface area contributed by atoms with Crippen molar-refractivity contribution in [3.05, 3.63) is 23.4 Å². The molecule has 0 amide bonds. The van der Waals surface area contributed by atoms with E-state index in [2.05, 4.69) is 10.3 Å². The lowest BCUT2D eigenvalue weighted by molar-refractivity contribution is 0.572. The van der Waals surface area contributed by atoms with E-state index < -0.39 is 15.4 Å². The van der Waals surface area contributed by atoms with E-state index in [4.69, 9.17) is 18.0 Å². The van der Waals surface area contributed by atoms with Crippen LogP contribution in [0, 0.1) is 6.92 Å². The van der Waals surface area contributed by atoms with Gasteiger partial charge in [0.15, 0.2) is 9.84 Å². The van der Waals surface area contributed by atoms with E-state index >= 15 is 0 Å². The molecule has 0 bridgehead atoms. The highest BCUT2D eigenvalue weighted by Gasteiger charge is 2.39. The van der Waals surface area contributed by atoms with E-state index in [0.717, 1.165) is 5.56 Å². The van der Waals surface area contributed by atoms with Gasteiger partial charge < -0.3 is 11.1 Å². The maximum absolute atomic E-state index is 11.6. The number of sulfone groups is 1. The van der Waals surface area contributed by atoms with Crippen LogP contribution in [0.25, 0.3) is 0 Å². The Bertz CT molecular complexity index is 628. The molecular formula is C12H17N3O2S2. The fourth-order valence-electron chi connectivity index (χ4n) is 2.36. The highest BCUT2D eigenvalue weighted by molar-refractivity contribution is 7.91. The summed E-state index contributed by atoms with van der Waals surface area (Å²) in [5.41, 5.74) is 6.81. The van der Waals surface area contributed by atoms with E-state index in [-0.39, 0.29) is 16.5 Å². The summed E-state index contributed by atoms with van der Waals surface area (Å²) in [6.07, 6.45) is 2.22.